The monoisotopic (exact) mass is 222 g/mol. The molecule has 1 atom stereocenters. The standard InChI is InChI=1S/C10H19ClOS/c1-2-13-7-3-4-10(8-11)5-6-12-9-10/h2-9H2,1H3. The minimum atomic E-state index is 0.315. The first-order valence-electron chi connectivity index (χ1n) is 5.04. The zero-order valence-corrected chi connectivity index (χ0v) is 9.92. The quantitative estimate of drug-likeness (QED) is 0.505. The molecule has 0 aromatic carbocycles. The molecule has 0 aromatic rings. The molecule has 0 aliphatic carbocycles. The lowest BCUT2D eigenvalue weighted by atomic mass is 9.85. The summed E-state index contributed by atoms with van der Waals surface area (Å²) in [5.41, 5.74) is 0.315. The Morgan fingerprint density at radius 1 is 1.54 bits per heavy atom. The van der Waals surface area contributed by atoms with Crippen molar-refractivity contribution in [1.82, 2.24) is 0 Å². The fourth-order valence-corrected chi connectivity index (χ4v) is 2.69. The third-order valence-corrected chi connectivity index (χ3v) is 4.22. The van der Waals surface area contributed by atoms with E-state index in [1.165, 1.54) is 24.3 Å². The van der Waals surface area contributed by atoms with E-state index in [0.717, 1.165) is 25.5 Å². The molecule has 0 aromatic heterocycles. The van der Waals surface area contributed by atoms with Crippen molar-refractivity contribution in [2.45, 2.75) is 26.2 Å². The normalized spacial score (nSPS) is 28.2. The summed E-state index contributed by atoms with van der Waals surface area (Å²) >= 11 is 8.01. The lowest BCUT2D eigenvalue weighted by Crippen LogP contribution is -2.23. The second-order valence-electron chi connectivity index (χ2n) is 3.74. The van der Waals surface area contributed by atoms with Crippen LogP contribution in [0, 0.1) is 5.41 Å². The Kier molecular flexibility index (Phi) is 5.52. The van der Waals surface area contributed by atoms with E-state index in [4.69, 9.17) is 16.3 Å². The Balaban J connectivity index is 2.16. The number of hydrogen-bond donors (Lipinski definition) is 0. The number of ether oxygens (including phenoxy) is 1. The maximum atomic E-state index is 5.99. The van der Waals surface area contributed by atoms with Crippen LogP contribution < -0.4 is 0 Å². The van der Waals surface area contributed by atoms with Gasteiger partial charge in [-0.25, -0.2) is 0 Å². The Bertz CT molecular complexity index is 135. The molecule has 0 N–H and O–H groups in total. The molecule has 1 aliphatic rings. The highest BCUT2D eigenvalue weighted by Crippen LogP contribution is 2.35. The van der Waals surface area contributed by atoms with E-state index < -0.39 is 0 Å². The minimum Gasteiger partial charge on any atom is -0.381 e. The van der Waals surface area contributed by atoms with Crippen molar-refractivity contribution in [2.24, 2.45) is 5.41 Å². The molecular weight excluding hydrogens is 204 g/mol. The number of alkyl halides is 1. The van der Waals surface area contributed by atoms with E-state index in [2.05, 4.69) is 6.92 Å². The van der Waals surface area contributed by atoms with E-state index in [0.29, 0.717) is 5.41 Å². The Hall–Kier alpha value is 0.600. The Labute approximate surface area is 90.6 Å². The highest BCUT2D eigenvalue weighted by molar-refractivity contribution is 7.99. The fourth-order valence-electron chi connectivity index (χ4n) is 1.71. The van der Waals surface area contributed by atoms with Gasteiger partial charge in [-0.2, -0.15) is 11.8 Å². The Morgan fingerprint density at radius 3 is 2.92 bits per heavy atom. The van der Waals surface area contributed by atoms with Gasteiger partial charge in [0.2, 0.25) is 0 Å². The molecule has 3 heteroatoms. The zero-order chi connectivity index (χ0) is 9.57. The van der Waals surface area contributed by atoms with Crippen LogP contribution in [0.15, 0.2) is 0 Å². The summed E-state index contributed by atoms with van der Waals surface area (Å²) in [6.07, 6.45) is 3.69. The predicted molar refractivity (Wildman–Crippen MR) is 60.8 cm³/mol. The molecule has 0 amide bonds. The molecule has 0 bridgehead atoms. The van der Waals surface area contributed by atoms with Crippen molar-refractivity contribution in [3.8, 4) is 0 Å². The van der Waals surface area contributed by atoms with Crippen LogP contribution in [0.5, 0.6) is 0 Å². The lowest BCUT2D eigenvalue weighted by Gasteiger charge is -2.23. The SMILES string of the molecule is CCSCCCC1(CCl)CCOC1. The van der Waals surface area contributed by atoms with Crippen LogP contribution >= 0.6 is 23.4 Å². The molecule has 78 valence electrons. The summed E-state index contributed by atoms with van der Waals surface area (Å²) in [4.78, 5) is 0. The van der Waals surface area contributed by atoms with Crippen molar-refractivity contribution in [1.29, 1.82) is 0 Å². The van der Waals surface area contributed by atoms with Gasteiger partial charge in [-0.1, -0.05) is 6.92 Å². The van der Waals surface area contributed by atoms with Crippen molar-refractivity contribution in [3.05, 3.63) is 0 Å². The summed E-state index contributed by atoms with van der Waals surface area (Å²) in [5.74, 6) is 3.27. The summed E-state index contributed by atoms with van der Waals surface area (Å²) < 4.78 is 5.42. The van der Waals surface area contributed by atoms with Gasteiger partial charge in [0.1, 0.15) is 0 Å². The third kappa shape index (κ3) is 3.69. The summed E-state index contributed by atoms with van der Waals surface area (Å²) in [6, 6.07) is 0. The van der Waals surface area contributed by atoms with Gasteiger partial charge in [0.15, 0.2) is 0 Å². The lowest BCUT2D eigenvalue weighted by molar-refractivity contribution is 0.156. The van der Waals surface area contributed by atoms with E-state index in [9.17, 15) is 0 Å². The van der Waals surface area contributed by atoms with Gasteiger partial charge in [0, 0.05) is 17.9 Å². The first-order chi connectivity index (χ1) is 6.33. The van der Waals surface area contributed by atoms with Gasteiger partial charge in [-0.05, 0) is 30.8 Å². The smallest absolute Gasteiger partial charge is 0.0534 e. The van der Waals surface area contributed by atoms with Crippen LogP contribution in [0.4, 0.5) is 0 Å². The van der Waals surface area contributed by atoms with Crippen LogP contribution in [0.25, 0.3) is 0 Å². The second-order valence-corrected chi connectivity index (χ2v) is 5.40. The van der Waals surface area contributed by atoms with Crippen molar-refractivity contribution >= 4 is 23.4 Å². The maximum Gasteiger partial charge on any atom is 0.0534 e. The summed E-state index contributed by atoms with van der Waals surface area (Å²) in [7, 11) is 0. The van der Waals surface area contributed by atoms with Gasteiger partial charge in [-0.3, -0.25) is 0 Å². The fraction of sp³-hybridized carbons (Fsp3) is 1.00. The van der Waals surface area contributed by atoms with Crippen molar-refractivity contribution < 1.29 is 4.74 Å². The number of halogens is 1. The van der Waals surface area contributed by atoms with E-state index in [-0.39, 0.29) is 0 Å². The van der Waals surface area contributed by atoms with Crippen LogP contribution in [0.3, 0.4) is 0 Å². The number of rotatable bonds is 6. The van der Waals surface area contributed by atoms with E-state index in [1.807, 2.05) is 11.8 Å². The summed E-state index contributed by atoms with van der Waals surface area (Å²) in [5, 5.41) is 0. The Morgan fingerprint density at radius 2 is 2.38 bits per heavy atom. The third-order valence-electron chi connectivity index (χ3n) is 2.67. The number of hydrogen-bond acceptors (Lipinski definition) is 2. The molecule has 1 aliphatic heterocycles. The molecule has 0 spiro atoms. The average Bonchev–Trinajstić information content (AvgIpc) is 2.62. The molecule has 0 radical (unpaired) electrons. The maximum absolute atomic E-state index is 5.99. The molecule has 1 fully saturated rings. The summed E-state index contributed by atoms with van der Waals surface area (Å²) in [6.45, 7) is 4.00. The van der Waals surface area contributed by atoms with Gasteiger partial charge < -0.3 is 4.74 Å². The first-order valence-corrected chi connectivity index (χ1v) is 6.73. The van der Waals surface area contributed by atoms with E-state index in [1.54, 1.807) is 0 Å². The van der Waals surface area contributed by atoms with Crippen LogP contribution in [0.1, 0.15) is 26.2 Å². The van der Waals surface area contributed by atoms with Gasteiger partial charge >= 0.3 is 0 Å². The van der Waals surface area contributed by atoms with Crippen LogP contribution in [-0.2, 0) is 4.74 Å². The van der Waals surface area contributed by atoms with Crippen molar-refractivity contribution in [3.63, 3.8) is 0 Å². The molecule has 13 heavy (non-hydrogen) atoms. The first kappa shape index (κ1) is 11.7. The average molecular weight is 223 g/mol. The van der Waals surface area contributed by atoms with Crippen molar-refractivity contribution in [2.75, 3.05) is 30.6 Å². The highest BCUT2D eigenvalue weighted by Gasteiger charge is 2.33. The molecule has 0 saturated carbocycles. The topological polar surface area (TPSA) is 9.23 Å². The van der Waals surface area contributed by atoms with Gasteiger partial charge in [-0.15, -0.1) is 11.6 Å². The molecule has 1 unspecified atom stereocenters. The van der Waals surface area contributed by atoms with Gasteiger partial charge in [0.25, 0.3) is 0 Å². The molecule has 1 saturated heterocycles. The highest BCUT2D eigenvalue weighted by atomic mass is 35.5. The van der Waals surface area contributed by atoms with Gasteiger partial charge in [0.05, 0.1) is 6.61 Å². The zero-order valence-electron chi connectivity index (χ0n) is 8.35. The second kappa shape index (κ2) is 6.15. The molecular formula is C10H19ClOS. The molecule has 1 rings (SSSR count). The number of thioether (sulfide) groups is 1. The largest absolute Gasteiger partial charge is 0.381 e. The van der Waals surface area contributed by atoms with E-state index >= 15 is 0 Å². The molecule has 1 nitrogen and oxygen atoms in total. The molecule has 1 heterocycles. The predicted octanol–water partition coefficient (Wildman–Crippen LogP) is 3.17. The van der Waals surface area contributed by atoms with Crippen LogP contribution in [0.2, 0.25) is 0 Å². The van der Waals surface area contributed by atoms with Crippen LogP contribution in [-0.4, -0.2) is 30.6 Å². The minimum absolute atomic E-state index is 0.315.